The Bertz CT molecular complexity index is 857. The molecule has 27 heavy (non-hydrogen) atoms. The number of benzene rings is 1. The molecule has 2 amide bonds. The van der Waals surface area contributed by atoms with E-state index in [1.807, 2.05) is 4.72 Å². The predicted octanol–water partition coefficient (Wildman–Crippen LogP) is 1.88. The minimum Gasteiger partial charge on any atom is -0.435 e. The molecular formula is C17H20F2N2O5S. The number of ether oxygens (including phenoxy) is 1. The first-order valence-electron chi connectivity index (χ1n) is 8.54. The Morgan fingerprint density at radius 2 is 2.07 bits per heavy atom. The van der Waals surface area contributed by atoms with Crippen LogP contribution in [0.25, 0.3) is 0 Å². The molecule has 0 radical (unpaired) electrons. The second-order valence-corrected chi connectivity index (χ2v) is 8.69. The molecule has 1 atom stereocenters. The van der Waals surface area contributed by atoms with Gasteiger partial charge in [0.2, 0.25) is 5.91 Å². The molecule has 2 fully saturated rings. The predicted molar refractivity (Wildman–Crippen MR) is 90.5 cm³/mol. The van der Waals surface area contributed by atoms with Crippen molar-refractivity contribution in [1.82, 2.24) is 9.62 Å². The lowest BCUT2D eigenvalue weighted by atomic mass is 9.85. The van der Waals surface area contributed by atoms with Gasteiger partial charge in [0.05, 0.1) is 4.90 Å². The second-order valence-electron chi connectivity index (χ2n) is 7.00. The largest absolute Gasteiger partial charge is 0.435 e. The summed E-state index contributed by atoms with van der Waals surface area (Å²) in [5, 5.41) is 0. The highest BCUT2D eigenvalue weighted by Gasteiger charge is 2.50. The summed E-state index contributed by atoms with van der Waals surface area (Å²) in [6.07, 6.45) is 2.70. The second kappa shape index (κ2) is 7.06. The van der Waals surface area contributed by atoms with Crippen LogP contribution in [-0.4, -0.2) is 43.8 Å². The van der Waals surface area contributed by atoms with Crippen molar-refractivity contribution < 1.29 is 31.5 Å². The number of carbonyl (C=O) groups is 2. The number of nitrogens with zero attached hydrogens (tertiary/aromatic N) is 1. The van der Waals surface area contributed by atoms with E-state index >= 15 is 0 Å². The monoisotopic (exact) mass is 402 g/mol. The van der Waals surface area contributed by atoms with Gasteiger partial charge in [0.25, 0.3) is 15.9 Å². The fraction of sp³-hybridized carbons (Fsp3) is 0.529. The van der Waals surface area contributed by atoms with E-state index in [9.17, 15) is 26.8 Å². The molecule has 148 valence electrons. The van der Waals surface area contributed by atoms with Crippen molar-refractivity contribution in [2.75, 3.05) is 6.54 Å². The van der Waals surface area contributed by atoms with E-state index in [4.69, 9.17) is 0 Å². The summed E-state index contributed by atoms with van der Waals surface area (Å²) in [4.78, 5) is 25.9. The Morgan fingerprint density at radius 3 is 2.63 bits per heavy atom. The SMILES string of the molecule is CC1(C(=O)NS(=O)(=O)c2cccc(OC(F)F)c2)CCN1C(=O)CC1CC1. The molecule has 1 heterocycles. The lowest BCUT2D eigenvalue weighted by molar-refractivity contribution is -0.156. The molecule has 0 aromatic heterocycles. The van der Waals surface area contributed by atoms with Gasteiger partial charge < -0.3 is 9.64 Å². The number of carbonyl (C=O) groups excluding carboxylic acids is 2. The normalized spacial score (nSPS) is 22.3. The third-order valence-electron chi connectivity index (χ3n) is 4.94. The third-order valence-corrected chi connectivity index (χ3v) is 6.27. The number of sulfonamides is 1. The molecule has 1 unspecified atom stereocenters. The number of hydrogen-bond donors (Lipinski definition) is 1. The van der Waals surface area contributed by atoms with Crippen LogP contribution in [0, 0.1) is 5.92 Å². The van der Waals surface area contributed by atoms with Crippen molar-refractivity contribution >= 4 is 21.8 Å². The number of nitrogens with one attached hydrogen (secondary N) is 1. The van der Waals surface area contributed by atoms with E-state index in [-0.39, 0.29) is 16.6 Å². The molecule has 10 heteroatoms. The number of amides is 2. The Morgan fingerprint density at radius 1 is 1.37 bits per heavy atom. The molecule has 0 bridgehead atoms. The van der Waals surface area contributed by atoms with E-state index in [0.717, 1.165) is 25.0 Å². The van der Waals surface area contributed by atoms with Gasteiger partial charge >= 0.3 is 6.61 Å². The van der Waals surface area contributed by atoms with Crippen LogP contribution in [0.3, 0.4) is 0 Å². The molecule has 1 saturated heterocycles. The topological polar surface area (TPSA) is 92.8 Å². The van der Waals surface area contributed by atoms with Gasteiger partial charge in [-0.15, -0.1) is 0 Å². The minimum atomic E-state index is -4.30. The summed E-state index contributed by atoms with van der Waals surface area (Å²) < 4.78 is 55.6. The van der Waals surface area contributed by atoms with Crippen molar-refractivity contribution in [3.8, 4) is 5.75 Å². The highest BCUT2D eigenvalue weighted by molar-refractivity contribution is 7.90. The van der Waals surface area contributed by atoms with Crippen LogP contribution in [0.15, 0.2) is 29.2 Å². The molecule has 1 aliphatic heterocycles. The van der Waals surface area contributed by atoms with Crippen LogP contribution in [0.5, 0.6) is 5.75 Å². The number of rotatable bonds is 7. The number of hydrogen-bond acceptors (Lipinski definition) is 5. The Labute approximate surface area is 155 Å². The zero-order valence-corrected chi connectivity index (χ0v) is 15.5. The van der Waals surface area contributed by atoms with Crippen molar-refractivity contribution in [2.24, 2.45) is 5.92 Å². The zero-order chi connectivity index (χ0) is 19.8. The highest BCUT2D eigenvalue weighted by atomic mass is 32.2. The van der Waals surface area contributed by atoms with Gasteiger partial charge in [0, 0.05) is 19.0 Å². The van der Waals surface area contributed by atoms with Gasteiger partial charge in [-0.3, -0.25) is 9.59 Å². The van der Waals surface area contributed by atoms with Crippen LogP contribution in [0.1, 0.15) is 32.6 Å². The molecule has 0 spiro atoms. The minimum absolute atomic E-state index is 0.161. The van der Waals surface area contributed by atoms with E-state index in [1.54, 1.807) is 0 Å². The van der Waals surface area contributed by atoms with Gasteiger partial charge in [0.15, 0.2) is 0 Å². The molecular weight excluding hydrogens is 382 g/mol. The third kappa shape index (κ3) is 4.20. The summed E-state index contributed by atoms with van der Waals surface area (Å²) >= 11 is 0. The summed E-state index contributed by atoms with van der Waals surface area (Å²) in [5.41, 5.74) is -1.24. The van der Waals surface area contributed by atoms with E-state index in [1.165, 1.54) is 24.0 Å². The van der Waals surface area contributed by atoms with E-state index in [0.29, 0.717) is 25.3 Å². The quantitative estimate of drug-likeness (QED) is 0.752. The Hall–Kier alpha value is -2.23. The summed E-state index contributed by atoms with van der Waals surface area (Å²) in [7, 11) is -4.30. The van der Waals surface area contributed by atoms with Crippen LogP contribution < -0.4 is 9.46 Å². The maximum absolute atomic E-state index is 12.6. The molecule has 1 saturated carbocycles. The summed E-state index contributed by atoms with van der Waals surface area (Å²) in [6, 6.07) is 4.47. The molecule has 2 aliphatic rings. The summed E-state index contributed by atoms with van der Waals surface area (Å²) in [5.74, 6) is -0.965. The van der Waals surface area contributed by atoms with Gasteiger partial charge in [-0.1, -0.05) is 6.07 Å². The summed E-state index contributed by atoms with van der Waals surface area (Å²) in [6.45, 7) is -1.19. The highest BCUT2D eigenvalue weighted by Crippen LogP contribution is 2.37. The van der Waals surface area contributed by atoms with Crippen LogP contribution >= 0.6 is 0 Å². The van der Waals surface area contributed by atoms with Crippen molar-refractivity contribution in [1.29, 1.82) is 0 Å². The zero-order valence-electron chi connectivity index (χ0n) is 14.7. The van der Waals surface area contributed by atoms with Crippen molar-refractivity contribution in [3.05, 3.63) is 24.3 Å². The average molecular weight is 402 g/mol. The molecule has 1 aromatic rings. The van der Waals surface area contributed by atoms with Gasteiger partial charge in [0.1, 0.15) is 11.3 Å². The van der Waals surface area contributed by atoms with Crippen LogP contribution in [0.2, 0.25) is 0 Å². The molecule has 1 aromatic carbocycles. The van der Waals surface area contributed by atoms with Crippen LogP contribution in [-0.2, 0) is 19.6 Å². The van der Waals surface area contributed by atoms with E-state index in [2.05, 4.69) is 4.74 Å². The maximum Gasteiger partial charge on any atom is 0.387 e. The average Bonchev–Trinajstić information content (AvgIpc) is 3.36. The smallest absolute Gasteiger partial charge is 0.387 e. The fourth-order valence-electron chi connectivity index (χ4n) is 2.98. The molecule has 1 aliphatic carbocycles. The van der Waals surface area contributed by atoms with Gasteiger partial charge in [-0.25, -0.2) is 13.1 Å². The van der Waals surface area contributed by atoms with Gasteiger partial charge in [-0.05, 0) is 44.2 Å². The van der Waals surface area contributed by atoms with Crippen molar-refractivity contribution in [2.45, 2.75) is 49.7 Å². The molecule has 1 N–H and O–H groups in total. The van der Waals surface area contributed by atoms with Crippen LogP contribution in [0.4, 0.5) is 8.78 Å². The fourth-order valence-corrected chi connectivity index (χ4v) is 4.09. The standard InChI is InChI=1S/C17H20F2N2O5S/c1-17(7-8-21(17)14(22)9-11-5-6-11)15(23)20-27(24,25)13-4-2-3-12(10-13)26-16(18)19/h2-4,10-11,16H,5-9H2,1H3,(H,20,23). The first kappa shape index (κ1) is 19.5. The van der Waals surface area contributed by atoms with E-state index < -0.39 is 28.1 Å². The number of alkyl halides is 2. The number of likely N-dealkylation sites (tertiary alicyclic amines) is 1. The maximum atomic E-state index is 12.6. The van der Waals surface area contributed by atoms with Crippen molar-refractivity contribution in [3.63, 3.8) is 0 Å². The Balaban J connectivity index is 1.71. The molecule has 7 nitrogen and oxygen atoms in total. The number of halogens is 2. The first-order valence-corrected chi connectivity index (χ1v) is 10.0. The first-order chi connectivity index (χ1) is 12.6. The lowest BCUT2D eigenvalue weighted by Gasteiger charge is -2.49. The lowest BCUT2D eigenvalue weighted by Crippen LogP contribution is -2.67. The molecule has 3 rings (SSSR count). The Kier molecular flexibility index (Phi) is 5.11. The van der Waals surface area contributed by atoms with Gasteiger partial charge in [-0.2, -0.15) is 8.78 Å².